The number of rotatable bonds is 6. The molecule has 7 heteroatoms. The summed E-state index contributed by atoms with van der Waals surface area (Å²) in [6, 6.07) is 0. The fourth-order valence-corrected chi connectivity index (χ4v) is 1.42. The molecule has 0 bridgehead atoms. The van der Waals surface area contributed by atoms with E-state index in [9.17, 15) is 9.59 Å². The first-order valence-corrected chi connectivity index (χ1v) is 5.25. The summed E-state index contributed by atoms with van der Waals surface area (Å²) in [4.78, 5) is 21.4. The highest BCUT2D eigenvalue weighted by molar-refractivity contribution is 7.10. The number of carbonyl (C=O) groups is 2. The van der Waals surface area contributed by atoms with Crippen LogP contribution in [0.5, 0.6) is 0 Å². The third-order valence-electron chi connectivity index (χ3n) is 1.67. The number of anilines is 1. The molecule has 0 radical (unpaired) electrons. The number of nitrogens with one attached hydrogen (secondary N) is 1. The van der Waals surface area contributed by atoms with Crippen molar-refractivity contribution in [2.45, 2.75) is 25.7 Å². The normalized spacial score (nSPS) is 9.87. The summed E-state index contributed by atoms with van der Waals surface area (Å²) >= 11 is 1.11. The first kappa shape index (κ1) is 11.6. The molecule has 0 aliphatic heterocycles. The molecular formula is C8H11N3O3S. The van der Waals surface area contributed by atoms with Crippen LogP contribution in [0.1, 0.15) is 25.7 Å². The molecule has 0 saturated carbocycles. The number of nitrogens with zero attached hydrogens (tertiary/aromatic N) is 2. The van der Waals surface area contributed by atoms with Crippen molar-refractivity contribution in [2.24, 2.45) is 0 Å². The first-order valence-electron chi connectivity index (χ1n) is 4.47. The van der Waals surface area contributed by atoms with Gasteiger partial charge in [-0.05, 0) is 12.8 Å². The standard InChI is InChI=1S/C8H11N3O3S/c12-6(3-1-2-4-8(13)14)10-7-5-9-11-15-7/h5H,1-4H2,(H,10,12)(H,13,14). The summed E-state index contributed by atoms with van der Waals surface area (Å²) in [5.41, 5.74) is 0. The molecule has 82 valence electrons. The number of hydrogen-bond acceptors (Lipinski definition) is 5. The average molecular weight is 229 g/mol. The molecule has 15 heavy (non-hydrogen) atoms. The molecule has 1 heterocycles. The van der Waals surface area contributed by atoms with Gasteiger partial charge in [-0.15, -0.1) is 5.10 Å². The van der Waals surface area contributed by atoms with E-state index < -0.39 is 5.97 Å². The topological polar surface area (TPSA) is 92.2 Å². The summed E-state index contributed by atoms with van der Waals surface area (Å²) < 4.78 is 3.59. The number of carboxylic acid groups (broad SMARTS) is 1. The van der Waals surface area contributed by atoms with Crippen LogP contribution in [0.15, 0.2) is 6.20 Å². The molecule has 0 unspecified atom stereocenters. The van der Waals surface area contributed by atoms with Crippen molar-refractivity contribution in [3.8, 4) is 0 Å². The van der Waals surface area contributed by atoms with Gasteiger partial charge in [0, 0.05) is 24.4 Å². The SMILES string of the molecule is O=C(O)CCCCC(=O)Nc1cnns1. The van der Waals surface area contributed by atoms with Crippen LogP contribution in [0.3, 0.4) is 0 Å². The monoisotopic (exact) mass is 229 g/mol. The molecule has 1 aromatic rings. The van der Waals surface area contributed by atoms with Crippen molar-refractivity contribution in [3.05, 3.63) is 6.20 Å². The van der Waals surface area contributed by atoms with E-state index in [2.05, 4.69) is 14.9 Å². The van der Waals surface area contributed by atoms with Crippen LogP contribution in [0.4, 0.5) is 5.00 Å². The molecule has 0 aromatic carbocycles. The van der Waals surface area contributed by atoms with E-state index in [-0.39, 0.29) is 12.3 Å². The van der Waals surface area contributed by atoms with E-state index in [0.717, 1.165) is 11.5 Å². The Morgan fingerprint density at radius 1 is 1.40 bits per heavy atom. The zero-order valence-electron chi connectivity index (χ0n) is 7.97. The minimum Gasteiger partial charge on any atom is -0.481 e. The van der Waals surface area contributed by atoms with Crippen LogP contribution in [-0.2, 0) is 9.59 Å². The Hall–Kier alpha value is -1.50. The molecular weight excluding hydrogens is 218 g/mol. The van der Waals surface area contributed by atoms with Gasteiger partial charge in [0.05, 0.1) is 6.20 Å². The second kappa shape index (κ2) is 6.07. The van der Waals surface area contributed by atoms with Crippen LogP contribution in [-0.4, -0.2) is 26.6 Å². The number of aromatic nitrogens is 2. The third-order valence-corrected chi connectivity index (χ3v) is 2.25. The van der Waals surface area contributed by atoms with E-state index in [1.807, 2.05) is 0 Å². The second-order valence-electron chi connectivity index (χ2n) is 2.93. The van der Waals surface area contributed by atoms with Crippen molar-refractivity contribution < 1.29 is 14.7 Å². The zero-order chi connectivity index (χ0) is 11.1. The van der Waals surface area contributed by atoms with E-state index in [1.165, 1.54) is 6.20 Å². The summed E-state index contributed by atoms with van der Waals surface area (Å²) in [7, 11) is 0. The van der Waals surface area contributed by atoms with Gasteiger partial charge in [0.1, 0.15) is 5.00 Å². The number of amides is 1. The van der Waals surface area contributed by atoms with Crippen molar-refractivity contribution in [1.29, 1.82) is 0 Å². The molecule has 0 atom stereocenters. The highest BCUT2D eigenvalue weighted by Gasteiger charge is 2.04. The van der Waals surface area contributed by atoms with Gasteiger partial charge >= 0.3 is 5.97 Å². The maximum atomic E-state index is 11.2. The van der Waals surface area contributed by atoms with Crippen molar-refractivity contribution in [2.75, 3.05) is 5.32 Å². The van der Waals surface area contributed by atoms with Crippen LogP contribution in [0.2, 0.25) is 0 Å². The van der Waals surface area contributed by atoms with Gasteiger partial charge in [-0.25, -0.2) is 0 Å². The average Bonchev–Trinajstić information content (AvgIpc) is 2.64. The quantitative estimate of drug-likeness (QED) is 0.713. The van der Waals surface area contributed by atoms with Gasteiger partial charge in [0.15, 0.2) is 0 Å². The lowest BCUT2D eigenvalue weighted by Crippen LogP contribution is -2.10. The summed E-state index contributed by atoms with van der Waals surface area (Å²) in [6.07, 6.45) is 2.99. The Kier molecular flexibility index (Phi) is 4.69. The first-order chi connectivity index (χ1) is 7.18. The Morgan fingerprint density at radius 3 is 2.73 bits per heavy atom. The van der Waals surface area contributed by atoms with Gasteiger partial charge < -0.3 is 10.4 Å². The van der Waals surface area contributed by atoms with E-state index in [4.69, 9.17) is 5.11 Å². The zero-order valence-corrected chi connectivity index (χ0v) is 8.79. The van der Waals surface area contributed by atoms with Gasteiger partial charge in [-0.1, -0.05) is 4.49 Å². The minimum atomic E-state index is -0.831. The minimum absolute atomic E-state index is 0.107. The Bertz CT molecular complexity index is 326. The molecule has 0 fully saturated rings. The van der Waals surface area contributed by atoms with Crippen LogP contribution in [0, 0.1) is 0 Å². The number of unbranched alkanes of at least 4 members (excludes halogenated alkanes) is 1. The fraction of sp³-hybridized carbons (Fsp3) is 0.500. The highest BCUT2D eigenvalue weighted by atomic mass is 32.1. The summed E-state index contributed by atoms with van der Waals surface area (Å²) in [6.45, 7) is 0. The number of carbonyl (C=O) groups excluding carboxylic acids is 1. The Labute approximate surface area is 90.5 Å². The fourth-order valence-electron chi connectivity index (χ4n) is 0.984. The van der Waals surface area contributed by atoms with Gasteiger partial charge in [-0.2, -0.15) is 0 Å². The lowest BCUT2D eigenvalue weighted by Gasteiger charge is -2.00. The van der Waals surface area contributed by atoms with Crippen LogP contribution < -0.4 is 5.32 Å². The van der Waals surface area contributed by atoms with Crippen molar-refractivity contribution in [3.63, 3.8) is 0 Å². The lowest BCUT2D eigenvalue weighted by molar-refractivity contribution is -0.137. The van der Waals surface area contributed by atoms with E-state index in [1.54, 1.807) is 0 Å². The maximum absolute atomic E-state index is 11.2. The van der Waals surface area contributed by atoms with E-state index >= 15 is 0 Å². The van der Waals surface area contributed by atoms with Gasteiger partial charge in [0.25, 0.3) is 0 Å². The third kappa shape index (κ3) is 5.06. The smallest absolute Gasteiger partial charge is 0.303 e. The highest BCUT2D eigenvalue weighted by Crippen LogP contribution is 2.10. The number of hydrogen-bond donors (Lipinski definition) is 2. The molecule has 6 nitrogen and oxygen atoms in total. The molecule has 1 rings (SSSR count). The van der Waals surface area contributed by atoms with Crippen LogP contribution in [0.25, 0.3) is 0 Å². The summed E-state index contributed by atoms with van der Waals surface area (Å²) in [5.74, 6) is -0.964. The molecule has 2 N–H and O–H groups in total. The molecule has 0 spiro atoms. The van der Waals surface area contributed by atoms with Gasteiger partial charge in [0.2, 0.25) is 5.91 Å². The molecule has 1 amide bonds. The van der Waals surface area contributed by atoms with Crippen molar-refractivity contribution in [1.82, 2.24) is 9.59 Å². The maximum Gasteiger partial charge on any atom is 0.303 e. The second-order valence-corrected chi connectivity index (χ2v) is 3.72. The molecule has 0 aliphatic rings. The lowest BCUT2D eigenvalue weighted by atomic mass is 10.2. The van der Waals surface area contributed by atoms with Gasteiger partial charge in [-0.3, -0.25) is 9.59 Å². The largest absolute Gasteiger partial charge is 0.481 e. The van der Waals surface area contributed by atoms with E-state index in [0.29, 0.717) is 24.3 Å². The van der Waals surface area contributed by atoms with Crippen LogP contribution >= 0.6 is 11.5 Å². The predicted octanol–water partition coefficient (Wildman–Crippen LogP) is 1.12. The Balaban J connectivity index is 2.11. The molecule has 0 saturated heterocycles. The predicted molar refractivity (Wildman–Crippen MR) is 54.6 cm³/mol. The summed E-state index contributed by atoms with van der Waals surface area (Å²) in [5, 5.41) is 15.2. The Morgan fingerprint density at radius 2 is 2.13 bits per heavy atom. The number of carboxylic acids is 1. The molecule has 1 aromatic heterocycles. The number of aliphatic carboxylic acids is 1. The van der Waals surface area contributed by atoms with Crippen molar-refractivity contribution >= 4 is 28.4 Å². The molecule has 0 aliphatic carbocycles.